The van der Waals surface area contributed by atoms with E-state index in [0.29, 0.717) is 5.52 Å². The molecule has 0 aliphatic rings. The van der Waals surface area contributed by atoms with E-state index in [4.69, 9.17) is 5.73 Å². The Morgan fingerprint density at radius 3 is 2.39 bits per heavy atom. The average Bonchev–Trinajstić information content (AvgIpc) is 2.66. The van der Waals surface area contributed by atoms with Crippen molar-refractivity contribution in [1.29, 1.82) is 0 Å². The van der Waals surface area contributed by atoms with Crippen molar-refractivity contribution in [3.8, 4) is 0 Å². The van der Waals surface area contributed by atoms with Crippen molar-refractivity contribution in [3.05, 3.63) is 77.5 Å². The van der Waals surface area contributed by atoms with E-state index in [1.54, 1.807) is 18.2 Å². The second kappa shape index (κ2) is 7.67. The Bertz CT molecular complexity index is 1030. The number of halogens is 3. The molecular formula is C20H16F3N3O2. The van der Waals surface area contributed by atoms with Crippen molar-refractivity contribution in [2.24, 2.45) is 5.73 Å². The third-order valence-corrected chi connectivity index (χ3v) is 4.23. The predicted octanol–water partition coefficient (Wildman–Crippen LogP) is 3.08. The SMILES string of the molecule is NC(=O)[C@H](Cc1ccccc1C(F)(F)F)NC(=O)c1ccc2ccccc2n1. The van der Waals surface area contributed by atoms with Gasteiger partial charge in [0.15, 0.2) is 0 Å². The highest BCUT2D eigenvalue weighted by molar-refractivity contribution is 5.97. The van der Waals surface area contributed by atoms with Crippen LogP contribution in [0.4, 0.5) is 13.2 Å². The molecule has 0 aliphatic carbocycles. The van der Waals surface area contributed by atoms with E-state index in [1.807, 2.05) is 12.1 Å². The van der Waals surface area contributed by atoms with Gasteiger partial charge in [-0.05, 0) is 23.8 Å². The number of nitrogens with zero attached hydrogens (tertiary/aromatic N) is 1. The summed E-state index contributed by atoms with van der Waals surface area (Å²) in [6.07, 6.45) is -4.97. The molecule has 0 saturated carbocycles. The number of fused-ring (bicyclic) bond motifs is 1. The molecule has 5 nitrogen and oxygen atoms in total. The number of benzene rings is 2. The van der Waals surface area contributed by atoms with Crippen LogP contribution < -0.4 is 11.1 Å². The average molecular weight is 387 g/mol. The molecule has 3 N–H and O–H groups in total. The van der Waals surface area contributed by atoms with Crippen LogP contribution in [0.1, 0.15) is 21.6 Å². The highest BCUT2D eigenvalue weighted by atomic mass is 19.4. The molecule has 3 rings (SSSR count). The Morgan fingerprint density at radius 1 is 1.00 bits per heavy atom. The minimum absolute atomic E-state index is 0.0362. The first-order chi connectivity index (χ1) is 13.3. The molecule has 144 valence electrons. The van der Waals surface area contributed by atoms with Crippen LogP contribution in [0.15, 0.2) is 60.7 Å². The quantitative estimate of drug-likeness (QED) is 0.706. The van der Waals surface area contributed by atoms with Gasteiger partial charge in [0.05, 0.1) is 11.1 Å². The van der Waals surface area contributed by atoms with Crippen molar-refractivity contribution in [2.45, 2.75) is 18.6 Å². The molecule has 1 atom stereocenters. The molecule has 8 heteroatoms. The van der Waals surface area contributed by atoms with Crippen molar-refractivity contribution in [3.63, 3.8) is 0 Å². The summed E-state index contributed by atoms with van der Waals surface area (Å²) in [7, 11) is 0. The smallest absolute Gasteiger partial charge is 0.368 e. The highest BCUT2D eigenvalue weighted by Crippen LogP contribution is 2.32. The molecule has 0 saturated heterocycles. The van der Waals surface area contributed by atoms with E-state index in [2.05, 4.69) is 10.3 Å². The fourth-order valence-electron chi connectivity index (χ4n) is 2.84. The van der Waals surface area contributed by atoms with Gasteiger partial charge >= 0.3 is 6.18 Å². The van der Waals surface area contributed by atoms with E-state index in [9.17, 15) is 22.8 Å². The van der Waals surface area contributed by atoms with Crippen molar-refractivity contribution in [2.75, 3.05) is 0 Å². The normalized spacial score (nSPS) is 12.5. The number of alkyl halides is 3. The van der Waals surface area contributed by atoms with Crippen LogP contribution in [-0.4, -0.2) is 22.8 Å². The Morgan fingerprint density at radius 2 is 1.68 bits per heavy atom. The second-order valence-electron chi connectivity index (χ2n) is 6.18. The number of rotatable bonds is 5. The summed E-state index contributed by atoms with van der Waals surface area (Å²) in [5.41, 5.74) is 4.91. The summed E-state index contributed by atoms with van der Waals surface area (Å²) in [5, 5.41) is 3.20. The number of nitrogens with one attached hydrogen (secondary N) is 1. The van der Waals surface area contributed by atoms with Gasteiger partial charge in [-0.1, -0.05) is 42.5 Å². The van der Waals surface area contributed by atoms with E-state index in [-0.39, 0.29) is 17.7 Å². The van der Waals surface area contributed by atoms with Crippen LogP contribution >= 0.6 is 0 Å². The lowest BCUT2D eigenvalue weighted by atomic mass is 9.99. The number of hydrogen-bond donors (Lipinski definition) is 2. The zero-order chi connectivity index (χ0) is 20.3. The van der Waals surface area contributed by atoms with E-state index >= 15 is 0 Å². The largest absolute Gasteiger partial charge is 0.416 e. The topological polar surface area (TPSA) is 85.1 Å². The van der Waals surface area contributed by atoms with E-state index < -0.39 is 29.6 Å². The molecule has 1 heterocycles. The molecule has 0 radical (unpaired) electrons. The third-order valence-electron chi connectivity index (χ3n) is 4.23. The first-order valence-electron chi connectivity index (χ1n) is 8.37. The third kappa shape index (κ3) is 4.28. The maximum atomic E-state index is 13.2. The molecular weight excluding hydrogens is 371 g/mol. The van der Waals surface area contributed by atoms with Gasteiger partial charge in [0, 0.05) is 11.8 Å². The fourth-order valence-corrected chi connectivity index (χ4v) is 2.84. The molecule has 0 aliphatic heterocycles. The number of para-hydroxylation sites is 1. The number of pyridine rings is 1. The van der Waals surface area contributed by atoms with Crippen LogP contribution in [0.5, 0.6) is 0 Å². The Hall–Kier alpha value is -3.42. The summed E-state index contributed by atoms with van der Waals surface area (Å²) >= 11 is 0. The van der Waals surface area contributed by atoms with Crippen LogP contribution in [0.2, 0.25) is 0 Å². The Kier molecular flexibility index (Phi) is 5.30. The highest BCUT2D eigenvalue weighted by Gasteiger charge is 2.34. The lowest BCUT2D eigenvalue weighted by Crippen LogP contribution is -2.46. The molecule has 0 fully saturated rings. The second-order valence-corrected chi connectivity index (χ2v) is 6.18. The minimum atomic E-state index is -4.58. The molecule has 0 unspecified atom stereocenters. The number of hydrogen-bond acceptors (Lipinski definition) is 3. The van der Waals surface area contributed by atoms with Crippen LogP contribution in [0, 0.1) is 0 Å². The van der Waals surface area contributed by atoms with Crippen molar-refractivity contribution < 1.29 is 22.8 Å². The van der Waals surface area contributed by atoms with Gasteiger partial charge in [0.25, 0.3) is 5.91 Å². The number of aromatic nitrogens is 1. The van der Waals surface area contributed by atoms with Gasteiger partial charge in [-0.15, -0.1) is 0 Å². The minimum Gasteiger partial charge on any atom is -0.368 e. The number of primary amides is 1. The number of nitrogens with two attached hydrogens (primary N) is 1. The fraction of sp³-hybridized carbons (Fsp3) is 0.150. The monoisotopic (exact) mass is 387 g/mol. The maximum absolute atomic E-state index is 13.2. The van der Waals surface area contributed by atoms with E-state index in [1.165, 1.54) is 24.3 Å². The van der Waals surface area contributed by atoms with Gasteiger partial charge in [-0.25, -0.2) is 4.98 Å². The number of amides is 2. The molecule has 0 spiro atoms. The number of carbonyl (C=O) groups is 2. The zero-order valence-corrected chi connectivity index (χ0v) is 14.5. The number of carbonyl (C=O) groups excluding carboxylic acids is 2. The summed E-state index contributed by atoms with van der Waals surface area (Å²) in [4.78, 5) is 28.4. The van der Waals surface area contributed by atoms with E-state index in [0.717, 1.165) is 11.5 Å². The Labute approximate surface area is 158 Å². The standard InChI is InChI=1S/C20H16F3N3O2/c21-20(22,23)14-7-3-1-6-13(14)11-17(18(24)27)26-19(28)16-10-9-12-5-2-4-8-15(12)25-16/h1-10,17H,11H2,(H2,24,27)(H,26,28)/t17-/m0/s1. The lowest BCUT2D eigenvalue weighted by Gasteiger charge is -2.18. The molecule has 0 bridgehead atoms. The summed E-state index contributed by atoms with van der Waals surface area (Å²) in [6.45, 7) is 0. The first-order valence-corrected chi connectivity index (χ1v) is 8.37. The molecule has 2 amide bonds. The van der Waals surface area contributed by atoms with Crippen LogP contribution in [0.3, 0.4) is 0 Å². The summed E-state index contributed by atoms with van der Waals surface area (Å²) in [5.74, 6) is -1.63. The van der Waals surface area contributed by atoms with Gasteiger partial charge in [-0.2, -0.15) is 13.2 Å². The predicted molar refractivity (Wildman–Crippen MR) is 97.3 cm³/mol. The van der Waals surface area contributed by atoms with Crippen molar-refractivity contribution >= 4 is 22.7 Å². The first kappa shape index (κ1) is 19.3. The van der Waals surface area contributed by atoms with Gasteiger partial charge in [0.1, 0.15) is 11.7 Å². The maximum Gasteiger partial charge on any atom is 0.416 e. The van der Waals surface area contributed by atoms with Crippen molar-refractivity contribution in [1.82, 2.24) is 10.3 Å². The lowest BCUT2D eigenvalue weighted by molar-refractivity contribution is -0.138. The molecule has 3 aromatic rings. The van der Waals surface area contributed by atoms with Gasteiger partial charge < -0.3 is 11.1 Å². The molecule has 1 aromatic heterocycles. The molecule has 2 aromatic carbocycles. The Balaban J connectivity index is 1.83. The summed E-state index contributed by atoms with van der Waals surface area (Å²) in [6, 6.07) is 13.8. The van der Waals surface area contributed by atoms with Crippen LogP contribution in [0.25, 0.3) is 10.9 Å². The van der Waals surface area contributed by atoms with Gasteiger partial charge in [0.2, 0.25) is 5.91 Å². The molecule has 28 heavy (non-hydrogen) atoms. The summed E-state index contributed by atoms with van der Waals surface area (Å²) < 4.78 is 39.5. The van der Waals surface area contributed by atoms with Gasteiger partial charge in [-0.3, -0.25) is 9.59 Å². The van der Waals surface area contributed by atoms with Crippen LogP contribution in [-0.2, 0) is 17.4 Å². The zero-order valence-electron chi connectivity index (χ0n) is 14.5.